The highest BCUT2D eigenvalue weighted by atomic mass is 16.5. The zero-order valence-electron chi connectivity index (χ0n) is 22.9. The molecule has 0 aliphatic rings. The number of ether oxygens (including phenoxy) is 1. The molecule has 5 rings (SSSR count). The van der Waals surface area contributed by atoms with Gasteiger partial charge in [-0.15, -0.1) is 0 Å². The second-order valence-electron chi connectivity index (χ2n) is 9.49. The van der Waals surface area contributed by atoms with Crippen molar-refractivity contribution in [2.75, 3.05) is 12.0 Å². The lowest BCUT2D eigenvalue weighted by atomic mass is 9.98. The van der Waals surface area contributed by atoms with Crippen LogP contribution in [-0.2, 0) is 6.42 Å². The summed E-state index contributed by atoms with van der Waals surface area (Å²) in [4.78, 5) is 2.20. The summed E-state index contributed by atoms with van der Waals surface area (Å²) in [7, 11) is 1.71. The predicted molar refractivity (Wildman–Crippen MR) is 167 cm³/mol. The standard InChI is InChI=1S/C37H33NO2/c1-3-32(16-9-13-28-11-5-4-6-12-28)38(34-23-25-35(39)26-24-34)33-21-19-29(20-22-33)30-14-10-15-31(27-30)36-17-7-8-18-37(36)40-2/h3-12,14-27,39H,13H2,1-2H3/b16-9-,32-3+. The Balaban J connectivity index is 1.46. The maximum absolute atomic E-state index is 9.92. The van der Waals surface area contributed by atoms with Gasteiger partial charge in [-0.3, -0.25) is 0 Å². The van der Waals surface area contributed by atoms with Crippen LogP contribution in [0.3, 0.4) is 0 Å². The van der Waals surface area contributed by atoms with Crippen LogP contribution in [0.15, 0.2) is 151 Å². The highest BCUT2D eigenvalue weighted by Crippen LogP contribution is 2.35. The number of aromatic hydroxyl groups is 1. The van der Waals surface area contributed by atoms with E-state index in [0.717, 1.165) is 51.5 Å². The smallest absolute Gasteiger partial charge is 0.126 e. The zero-order chi connectivity index (χ0) is 27.7. The largest absolute Gasteiger partial charge is 0.508 e. The van der Waals surface area contributed by atoms with E-state index in [4.69, 9.17) is 4.74 Å². The molecule has 40 heavy (non-hydrogen) atoms. The van der Waals surface area contributed by atoms with Crippen LogP contribution in [-0.4, -0.2) is 12.2 Å². The molecule has 0 saturated carbocycles. The fourth-order valence-electron chi connectivity index (χ4n) is 4.83. The Labute approximate surface area is 237 Å². The number of phenols is 1. The maximum atomic E-state index is 9.92. The summed E-state index contributed by atoms with van der Waals surface area (Å²) in [5.74, 6) is 1.11. The Morgan fingerprint density at radius 2 is 1.35 bits per heavy atom. The van der Waals surface area contributed by atoms with Crippen LogP contribution in [0.5, 0.6) is 11.5 Å². The fourth-order valence-corrected chi connectivity index (χ4v) is 4.83. The lowest BCUT2D eigenvalue weighted by molar-refractivity contribution is 0.416. The second kappa shape index (κ2) is 12.7. The van der Waals surface area contributed by atoms with Crippen LogP contribution < -0.4 is 9.64 Å². The Bertz CT molecular complexity index is 1600. The molecule has 5 aromatic carbocycles. The van der Waals surface area contributed by atoms with Crippen molar-refractivity contribution in [1.82, 2.24) is 0 Å². The number of benzene rings is 5. The molecule has 0 amide bonds. The molecular formula is C37H33NO2. The van der Waals surface area contributed by atoms with Gasteiger partial charge in [-0.25, -0.2) is 0 Å². The molecule has 1 N–H and O–H groups in total. The van der Waals surface area contributed by atoms with Gasteiger partial charge in [-0.1, -0.05) is 91.0 Å². The maximum Gasteiger partial charge on any atom is 0.126 e. The number of allylic oxidation sites excluding steroid dienone is 3. The van der Waals surface area contributed by atoms with Crippen molar-refractivity contribution >= 4 is 11.4 Å². The zero-order valence-corrected chi connectivity index (χ0v) is 22.9. The lowest BCUT2D eigenvalue weighted by Gasteiger charge is -2.26. The fraction of sp³-hybridized carbons (Fsp3) is 0.0811. The van der Waals surface area contributed by atoms with Gasteiger partial charge in [0.15, 0.2) is 0 Å². The van der Waals surface area contributed by atoms with Gasteiger partial charge in [0, 0.05) is 22.6 Å². The SMILES string of the molecule is C/C=C(\C=C/Cc1ccccc1)N(c1ccc(O)cc1)c1ccc(-c2cccc(-c3ccccc3OC)c2)cc1. The third kappa shape index (κ3) is 6.16. The van der Waals surface area contributed by atoms with E-state index in [0.29, 0.717) is 0 Å². The number of rotatable bonds is 9. The molecule has 0 radical (unpaired) electrons. The van der Waals surface area contributed by atoms with Gasteiger partial charge in [0.25, 0.3) is 0 Å². The number of methoxy groups -OCH3 is 1. The van der Waals surface area contributed by atoms with Gasteiger partial charge in [-0.05, 0) is 90.2 Å². The number of para-hydroxylation sites is 1. The van der Waals surface area contributed by atoms with E-state index in [2.05, 4.69) is 102 Å². The topological polar surface area (TPSA) is 32.7 Å². The van der Waals surface area contributed by atoms with Gasteiger partial charge < -0.3 is 14.7 Å². The summed E-state index contributed by atoms with van der Waals surface area (Å²) in [6, 6.07) is 43.0. The molecule has 198 valence electrons. The summed E-state index contributed by atoms with van der Waals surface area (Å²) in [5, 5.41) is 9.92. The van der Waals surface area contributed by atoms with Crippen molar-refractivity contribution in [2.45, 2.75) is 13.3 Å². The minimum atomic E-state index is 0.246. The van der Waals surface area contributed by atoms with Crippen molar-refractivity contribution in [2.24, 2.45) is 0 Å². The molecular weight excluding hydrogens is 490 g/mol. The van der Waals surface area contributed by atoms with E-state index < -0.39 is 0 Å². The summed E-state index contributed by atoms with van der Waals surface area (Å²) in [6.07, 6.45) is 7.31. The van der Waals surface area contributed by atoms with Gasteiger partial charge in [0.1, 0.15) is 11.5 Å². The first kappa shape index (κ1) is 26.6. The normalized spacial score (nSPS) is 11.5. The van der Waals surface area contributed by atoms with Crippen LogP contribution in [0, 0.1) is 0 Å². The average Bonchev–Trinajstić information content (AvgIpc) is 3.02. The van der Waals surface area contributed by atoms with Crippen LogP contribution in [0.1, 0.15) is 12.5 Å². The Hall–Kier alpha value is -5.02. The molecule has 0 saturated heterocycles. The van der Waals surface area contributed by atoms with E-state index in [1.54, 1.807) is 19.2 Å². The molecule has 3 nitrogen and oxygen atoms in total. The van der Waals surface area contributed by atoms with E-state index >= 15 is 0 Å². The first-order valence-corrected chi connectivity index (χ1v) is 13.5. The van der Waals surface area contributed by atoms with Crippen molar-refractivity contribution in [3.63, 3.8) is 0 Å². The van der Waals surface area contributed by atoms with Crippen LogP contribution >= 0.6 is 0 Å². The number of anilines is 2. The first-order valence-electron chi connectivity index (χ1n) is 13.5. The molecule has 0 fully saturated rings. The van der Waals surface area contributed by atoms with Gasteiger partial charge in [0.2, 0.25) is 0 Å². The van der Waals surface area contributed by atoms with Crippen LogP contribution in [0.25, 0.3) is 22.3 Å². The molecule has 5 aromatic rings. The Morgan fingerprint density at radius 3 is 2.05 bits per heavy atom. The summed E-state index contributed by atoms with van der Waals surface area (Å²) in [6.45, 7) is 2.05. The molecule has 0 atom stereocenters. The summed E-state index contributed by atoms with van der Waals surface area (Å²) in [5.41, 5.74) is 8.78. The van der Waals surface area contributed by atoms with E-state index in [1.807, 2.05) is 43.3 Å². The number of nitrogens with zero attached hydrogens (tertiary/aromatic N) is 1. The predicted octanol–water partition coefficient (Wildman–Crippen LogP) is 9.58. The molecule has 0 aliphatic carbocycles. The lowest BCUT2D eigenvalue weighted by Crippen LogP contribution is -2.15. The summed E-state index contributed by atoms with van der Waals surface area (Å²) < 4.78 is 5.59. The monoisotopic (exact) mass is 523 g/mol. The molecule has 0 heterocycles. The van der Waals surface area contributed by atoms with Crippen molar-refractivity contribution < 1.29 is 9.84 Å². The van der Waals surface area contributed by atoms with E-state index in [9.17, 15) is 5.11 Å². The molecule has 0 spiro atoms. The average molecular weight is 524 g/mol. The minimum Gasteiger partial charge on any atom is -0.508 e. The van der Waals surface area contributed by atoms with Crippen molar-refractivity contribution in [1.29, 1.82) is 0 Å². The van der Waals surface area contributed by atoms with Crippen molar-refractivity contribution in [3.05, 3.63) is 157 Å². The van der Waals surface area contributed by atoms with Crippen LogP contribution in [0.4, 0.5) is 11.4 Å². The minimum absolute atomic E-state index is 0.246. The number of phenolic OH excluding ortho intramolecular Hbond substituents is 1. The van der Waals surface area contributed by atoms with Gasteiger partial charge >= 0.3 is 0 Å². The third-order valence-electron chi connectivity index (χ3n) is 6.89. The number of hydrogen-bond acceptors (Lipinski definition) is 3. The van der Waals surface area contributed by atoms with Gasteiger partial charge in [-0.2, -0.15) is 0 Å². The number of hydrogen-bond donors (Lipinski definition) is 1. The van der Waals surface area contributed by atoms with Crippen molar-refractivity contribution in [3.8, 4) is 33.8 Å². The van der Waals surface area contributed by atoms with Gasteiger partial charge in [0.05, 0.1) is 7.11 Å². The molecule has 0 aromatic heterocycles. The molecule has 0 aliphatic heterocycles. The first-order chi connectivity index (χ1) is 19.7. The third-order valence-corrected chi connectivity index (χ3v) is 6.89. The van der Waals surface area contributed by atoms with E-state index in [-0.39, 0.29) is 5.75 Å². The second-order valence-corrected chi connectivity index (χ2v) is 9.49. The van der Waals surface area contributed by atoms with Crippen LogP contribution in [0.2, 0.25) is 0 Å². The Morgan fingerprint density at radius 1 is 0.700 bits per heavy atom. The molecule has 0 bridgehead atoms. The Kier molecular flexibility index (Phi) is 8.43. The highest BCUT2D eigenvalue weighted by molar-refractivity contribution is 5.78. The molecule has 0 unspecified atom stereocenters. The summed E-state index contributed by atoms with van der Waals surface area (Å²) >= 11 is 0. The molecule has 3 heteroatoms. The highest BCUT2D eigenvalue weighted by Gasteiger charge is 2.14. The quantitative estimate of drug-likeness (QED) is 0.195. The van der Waals surface area contributed by atoms with E-state index in [1.165, 1.54) is 5.56 Å².